The van der Waals surface area contributed by atoms with Gasteiger partial charge in [0.05, 0.1) is 11.3 Å². The Bertz CT molecular complexity index is 542. The Morgan fingerprint density at radius 1 is 1.27 bits per heavy atom. The van der Waals surface area contributed by atoms with Crippen LogP contribution in [0.15, 0.2) is 24.3 Å². The number of rotatable bonds is 5. The zero-order valence-corrected chi connectivity index (χ0v) is 13.3. The molecule has 1 aromatic carbocycles. The Morgan fingerprint density at radius 2 is 2.00 bits per heavy atom. The van der Waals surface area contributed by atoms with Gasteiger partial charge in [0.1, 0.15) is 0 Å². The summed E-state index contributed by atoms with van der Waals surface area (Å²) in [6.07, 6.45) is 3.50. The maximum absolute atomic E-state index is 12.2. The van der Waals surface area contributed by atoms with Gasteiger partial charge in [0.25, 0.3) is 5.91 Å². The molecular weight excluding hydrogens is 278 g/mol. The van der Waals surface area contributed by atoms with Gasteiger partial charge in [-0.25, -0.2) is 0 Å². The quantitative estimate of drug-likeness (QED) is 0.780. The van der Waals surface area contributed by atoms with E-state index < -0.39 is 0 Å². The number of nitrogens with one attached hydrogen (secondary N) is 2. The Labute approximate surface area is 131 Å². The van der Waals surface area contributed by atoms with Gasteiger partial charge in [0, 0.05) is 18.5 Å². The van der Waals surface area contributed by atoms with Gasteiger partial charge in [-0.1, -0.05) is 18.6 Å². The van der Waals surface area contributed by atoms with Crippen molar-refractivity contribution in [3.8, 4) is 0 Å². The van der Waals surface area contributed by atoms with Crippen molar-refractivity contribution >= 4 is 17.5 Å². The number of carbonyl (C=O) groups excluding carboxylic acids is 2. The summed E-state index contributed by atoms with van der Waals surface area (Å²) < 4.78 is 0. The lowest BCUT2D eigenvalue weighted by Gasteiger charge is -2.16. The van der Waals surface area contributed by atoms with E-state index in [1.165, 1.54) is 0 Å². The Morgan fingerprint density at radius 3 is 2.64 bits per heavy atom. The Hall–Kier alpha value is -1.88. The van der Waals surface area contributed by atoms with Crippen LogP contribution in [-0.4, -0.2) is 23.9 Å². The van der Waals surface area contributed by atoms with E-state index in [-0.39, 0.29) is 29.8 Å². The van der Waals surface area contributed by atoms with E-state index in [1.807, 2.05) is 19.9 Å². The Kier molecular flexibility index (Phi) is 5.55. The summed E-state index contributed by atoms with van der Waals surface area (Å²) >= 11 is 0. The van der Waals surface area contributed by atoms with Gasteiger partial charge in [-0.2, -0.15) is 0 Å². The molecule has 1 fully saturated rings. The van der Waals surface area contributed by atoms with E-state index in [0.717, 1.165) is 19.3 Å². The lowest BCUT2D eigenvalue weighted by molar-refractivity contribution is -0.117. The number of nitrogens with two attached hydrogens (primary N) is 1. The number of para-hydroxylation sites is 1. The van der Waals surface area contributed by atoms with Crippen LogP contribution in [0.25, 0.3) is 0 Å². The largest absolute Gasteiger partial charge is 0.350 e. The average molecular weight is 303 g/mol. The van der Waals surface area contributed by atoms with Crippen LogP contribution in [0.4, 0.5) is 5.69 Å². The highest BCUT2D eigenvalue weighted by Gasteiger charge is 2.26. The van der Waals surface area contributed by atoms with Crippen LogP contribution in [-0.2, 0) is 4.79 Å². The van der Waals surface area contributed by atoms with Gasteiger partial charge in [-0.05, 0) is 44.7 Å². The molecule has 0 spiro atoms. The normalized spacial score (nSPS) is 20.9. The van der Waals surface area contributed by atoms with E-state index >= 15 is 0 Å². The third kappa shape index (κ3) is 4.31. The maximum Gasteiger partial charge on any atom is 0.253 e. The van der Waals surface area contributed by atoms with Gasteiger partial charge >= 0.3 is 0 Å². The minimum Gasteiger partial charge on any atom is -0.350 e. The van der Waals surface area contributed by atoms with Crippen molar-refractivity contribution in [2.24, 2.45) is 11.7 Å². The molecule has 4 N–H and O–H groups in total. The van der Waals surface area contributed by atoms with Crippen molar-refractivity contribution in [1.29, 1.82) is 0 Å². The van der Waals surface area contributed by atoms with E-state index in [0.29, 0.717) is 17.7 Å². The summed E-state index contributed by atoms with van der Waals surface area (Å²) in [6.45, 7) is 3.81. The third-order valence-electron chi connectivity index (χ3n) is 4.03. The molecule has 1 aliphatic carbocycles. The minimum absolute atomic E-state index is 0.0488. The SMILES string of the molecule is CC(C)NC(=O)c1ccccc1NC(=O)C[C@@H]1CCC[C@H]1N. The number of hydrogen-bond donors (Lipinski definition) is 3. The van der Waals surface area contributed by atoms with Gasteiger partial charge in [-0.3, -0.25) is 9.59 Å². The smallest absolute Gasteiger partial charge is 0.253 e. The van der Waals surface area contributed by atoms with Crippen LogP contribution in [0.5, 0.6) is 0 Å². The predicted molar refractivity (Wildman–Crippen MR) is 87.6 cm³/mol. The molecule has 1 saturated carbocycles. The molecule has 0 aromatic heterocycles. The molecule has 5 nitrogen and oxygen atoms in total. The molecule has 0 bridgehead atoms. The molecule has 0 unspecified atom stereocenters. The standard InChI is InChI=1S/C17H25N3O2/c1-11(2)19-17(22)13-7-3-4-9-15(13)20-16(21)10-12-6-5-8-14(12)18/h3-4,7,9,11-12,14H,5-6,8,10,18H2,1-2H3,(H,19,22)(H,20,21)/t12-,14+/m0/s1. The van der Waals surface area contributed by atoms with Crippen molar-refractivity contribution in [2.75, 3.05) is 5.32 Å². The molecule has 22 heavy (non-hydrogen) atoms. The fraction of sp³-hybridized carbons (Fsp3) is 0.529. The number of hydrogen-bond acceptors (Lipinski definition) is 3. The Balaban J connectivity index is 2.02. The summed E-state index contributed by atoms with van der Waals surface area (Å²) in [7, 11) is 0. The number of carbonyl (C=O) groups is 2. The van der Waals surface area contributed by atoms with Crippen LogP contribution < -0.4 is 16.4 Å². The van der Waals surface area contributed by atoms with Gasteiger partial charge in [0.15, 0.2) is 0 Å². The molecular formula is C17H25N3O2. The van der Waals surface area contributed by atoms with Crippen LogP contribution in [0.2, 0.25) is 0 Å². The zero-order valence-electron chi connectivity index (χ0n) is 13.3. The van der Waals surface area contributed by atoms with Crippen molar-refractivity contribution in [1.82, 2.24) is 5.32 Å². The highest BCUT2D eigenvalue weighted by Crippen LogP contribution is 2.27. The van der Waals surface area contributed by atoms with Gasteiger partial charge in [0.2, 0.25) is 5.91 Å². The molecule has 2 rings (SSSR count). The van der Waals surface area contributed by atoms with Crippen LogP contribution in [0.1, 0.15) is 49.9 Å². The molecule has 1 aromatic rings. The number of amides is 2. The van der Waals surface area contributed by atoms with Crippen LogP contribution in [0, 0.1) is 5.92 Å². The van der Waals surface area contributed by atoms with E-state index in [2.05, 4.69) is 10.6 Å². The van der Waals surface area contributed by atoms with Crippen molar-refractivity contribution in [2.45, 2.75) is 51.6 Å². The van der Waals surface area contributed by atoms with E-state index in [1.54, 1.807) is 18.2 Å². The third-order valence-corrected chi connectivity index (χ3v) is 4.03. The minimum atomic E-state index is -0.177. The van der Waals surface area contributed by atoms with Crippen molar-refractivity contribution < 1.29 is 9.59 Å². The maximum atomic E-state index is 12.2. The predicted octanol–water partition coefficient (Wildman–Crippen LogP) is 2.28. The summed E-state index contributed by atoms with van der Waals surface area (Å²) in [6, 6.07) is 7.23. The molecule has 2 atom stereocenters. The molecule has 0 saturated heterocycles. The van der Waals surface area contributed by atoms with Gasteiger partial charge in [-0.15, -0.1) is 0 Å². The first-order chi connectivity index (χ1) is 10.5. The second-order valence-corrected chi connectivity index (χ2v) is 6.28. The summed E-state index contributed by atoms with van der Waals surface area (Å²) in [5.41, 5.74) is 7.05. The first kappa shape index (κ1) is 16.5. The second kappa shape index (κ2) is 7.40. The van der Waals surface area contributed by atoms with Gasteiger partial charge < -0.3 is 16.4 Å². The summed E-state index contributed by atoms with van der Waals surface area (Å²) in [5.74, 6) is -0.00716. The van der Waals surface area contributed by atoms with Crippen LogP contribution >= 0.6 is 0 Å². The molecule has 0 radical (unpaired) electrons. The lowest BCUT2D eigenvalue weighted by Crippen LogP contribution is -2.31. The van der Waals surface area contributed by atoms with E-state index in [4.69, 9.17) is 5.73 Å². The number of anilines is 1. The first-order valence-corrected chi connectivity index (χ1v) is 7.92. The molecule has 0 heterocycles. The fourth-order valence-electron chi connectivity index (χ4n) is 2.89. The summed E-state index contributed by atoms with van der Waals surface area (Å²) in [4.78, 5) is 24.4. The molecule has 2 amide bonds. The fourth-order valence-corrected chi connectivity index (χ4v) is 2.89. The average Bonchev–Trinajstić information content (AvgIpc) is 2.84. The first-order valence-electron chi connectivity index (χ1n) is 7.92. The molecule has 120 valence electrons. The highest BCUT2D eigenvalue weighted by molar-refractivity contribution is 6.03. The second-order valence-electron chi connectivity index (χ2n) is 6.28. The van der Waals surface area contributed by atoms with Crippen molar-refractivity contribution in [3.63, 3.8) is 0 Å². The lowest BCUT2D eigenvalue weighted by atomic mass is 9.99. The highest BCUT2D eigenvalue weighted by atomic mass is 16.2. The summed E-state index contributed by atoms with van der Waals surface area (Å²) in [5, 5.41) is 5.70. The van der Waals surface area contributed by atoms with E-state index in [9.17, 15) is 9.59 Å². The molecule has 1 aliphatic rings. The molecule has 5 heteroatoms. The topological polar surface area (TPSA) is 84.2 Å². The molecule has 0 aliphatic heterocycles. The van der Waals surface area contributed by atoms with Crippen molar-refractivity contribution in [3.05, 3.63) is 29.8 Å². The zero-order chi connectivity index (χ0) is 16.1. The monoisotopic (exact) mass is 303 g/mol. The van der Waals surface area contributed by atoms with Crippen LogP contribution in [0.3, 0.4) is 0 Å². The number of benzene rings is 1.